The number of hydrogen-bond donors (Lipinski definition) is 3. The topological polar surface area (TPSA) is 106 Å². The van der Waals surface area contributed by atoms with E-state index < -0.39 is 17.1 Å². The van der Waals surface area contributed by atoms with Crippen LogP contribution in [0.5, 0.6) is 11.5 Å². The lowest BCUT2D eigenvalue weighted by molar-refractivity contribution is -0.116. The number of carbonyl (C=O) groups excluding carboxylic acids is 3. The van der Waals surface area contributed by atoms with Crippen LogP contribution in [0.3, 0.4) is 0 Å². The van der Waals surface area contributed by atoms with Crippen LogP contribution in [0, 0.1) is 0 Å². The lowest BCUT2D eigenvalue weighted by Crippen LogP contribution is -2.30. The monoisotopic (exact) mass is 711 g/mol. The fourth-order valence-corrected chi connectivity index (χ4v) is 6.15. The number of amides is 3. The van der Waals surface area contributed by atoms with Crippen LogP contribution in [0.4, 0.5) is 11.4 Å². The summed E-state index contributed by atoms with van der Waals surface area (Å²) in [6, 6.07) is 35.0. The van der Waals surface area contributed by atoms with Gasteiger partial charge in [0.25, 0.3) is 11.8 Å². The second-order valence-corrected chi connectivity index (χ2v) is 12.5. The Balaban J connectivity index is 1.41. The van der Waals surface area contributed by atoms with Crippen molar-refractivity contribution in [2.24, 2.45) is 0 Å². The second-order valence-electron chi connectivity index (χ2n) is 10.5. The minimum Gasteiger partial charge on any atom is -0.493 e. The number of rotatable bonds is 12. The molecule has 0 fully saturated rings. The van der Waals surface area contributed by atoms with Crippen molar-refractivity contribution in [1.29, 1.82) is 0 Å². The summed E-state index contributed by atoms with van der Waals surface area (Å²) >= 11 is 13.8. The van der Waals surface area contributed by atoms with Gasteiger partial charge in [0.15, 0.2) is 11.5 Å². The highest BCUT2D eigenvalue weighted by Gasteiger charge is 2.24. The van der Waals surface area contributed by atoms with Gasteiger partial charge in [0.2, 0.25) is 5.91 Å². The first-order valence-corrected chi connectivity index (χ1v) is 16.6. The van der Waals surface area contributed by atoms with E-state index in [-0.39, 0.29) is 11.6 Å². The van der Waals surface area contributed by atoms with Gasteiger partial charge in [0.1, 0.15) is 10.9 Å². The van der Waals surface area contributed by atoms with Gasteiger partial charge in [-0.25, -0.2) is 0 Å². The Morgan fingerprint density at radius 3 is 2.16 bits per heavy atom. The maximum absolute atomic E-state index is 13.7. The van der Waals surface area contributed by atoms with Crippen molar-refractivity contribution in [3.05, 3.63) is 154 Å². The van der Waals surface area contributed by atoms with E-state index in [9.17, 15) is 14.4 Å². The Labute approximate surface area is 298 Å². The molecule has 8 nitrogen and oxygen atoms in total. The maximum atomic E-state index is 13.7. The summed E-state index contributed by atoms with van der Waals surface area (Å²) < 4.78 is 10.8. The molecule has 0 spiro atoms. The molecule has 3 amide bonds. The van der Waals surface area contributed by atoms with Crippen molar-refractivity contribution >= 4 is 70.1 Å². The summed E-state index contributed by atoms with van der Waals surface area (Å²) in [7, 11) is 3.04. The van der Waals surface area contributed by atoms with Gasteiger partial charge < -0.3 is 25.4 Å². The number of anilines is 2. The third kappa shape index (κ3) is 9.45. The molecule has 1 atom stereocenters. The molecule has 248 valence electrons. The molecule has 5 aromatic rings. The summed E-state index contributed by atoms with van der Waals surface area (Å²) in [5.74, 6) is -0.341. The lowest BCUT2D eigenvalue weighted by atomic mass is 10.1. The van der Waals surface area contributed by atoms with Gasteiger partial charge in [-0.05, 0) is 77.9 Å². The van der Waals surface area contributed by atoms with Crippen LogP contribution in [0.1, 0.15) is 26.7 Å². The van der Waals surface area contributed by atoms with Crippen molar-refractivity contribution in [2.75, 3.05) is 24.9 Å². The van der Waals surface area contributed by atoms with E-state index in [1.807, 2.05) is 36.4 Å². The number of carbonyl (C=O) groups is 3. The molecule has 5 rings (SSSR count). The Bertz CT molecular complexity index is 1990. The van der Waals surface area contributed by atoms with Gasteiger partial charge in [-0.3, -0.25) is 14.4 Å². The Morgan fingerprint density at radius 1 is 0.735 bits per heavy atom. The minimum atomic E-state index is -0.673. The molecule has 0 aromatic heterocycles. The first-order valence-electron chi connectivity index (χ1n) is 14.9. The highest BCUT2D eigenvalue weighted by atomic mass is 35.5. The normalized spacial score (nSPS) is 11.6. The fourth-order valence-electron chi connectivity index (χ4n) is 4.73. The molecule has 11 heteroatoms. The molecule has 0 aliphatic heterocycles. The number of methoxy groups -OCH3 is 2. The van der Waals surface area contributed by atoms with Crippen LogP contribution in [0.25, 0.3) is 6.08 Å². The quantitative estimate of drug-likeness (QED) is 0.0882. The van der Waals surface area contributed by atoms with Crippen LogP contribution < -0.4 is 25.4 Å². The molecule has 3 N–H and O–H groups in total. The number of ether oxygens (including phenoxy) is 2. The van der Waals surface area contributed by atoms with Crippen molar-refractivity contribution < 1.29 is 23.9 Å². The van der Waals surface area contributed by atoms with Crippen molar-refractivity contribution in [1.82, 2.24) is 5.32 Å². The standard InChI is InChI=1S/C38H31Cl2N3O5S/c1-47-33-19-16-24(21-34(33)48-2)20-32(43-36(44)26-12-7-4-8-13-26)37(45)41-28-14-9-15-29(23-28)49-35(25-10-5-3-6-11-25)38(46)42-31-22-27(39)17-18-30(31)40/h3-23,35H,1-2H3,(H,41,45)(H,42,46)(H,43,44)/b32-20+. The van der Waals surface area contributed by atoms with Gasteiger partial charge in [0, 0.05) is 21.2 Å². The maximum Gasteiger partial charge on any atom is 0.272 e. The highest BCUT2D eigenvalue weighted by Crippen LogP contribution is 2.38. The SMILES string of the molecule is COc1ccc(/C=C(/NC(=O)c2ccccc2)C(=O)Nc2cccc(SC(C(=O)Nc3cc(Cl)ccc3Cl)c3ccccc3)c2)cc1OC. The number of thioether (sulfide) groups is 1. The molecule has 0 bridgehead atoms. The van der Waals surface area contributed by atoms with Gasteiger partial charge in [0.05, 0.1) is 24.9 Å². The van der Waals surface area contributed by atoms with Crippen LogP contribution in [0.15, 0.2) is 132 Å². The molecule has 0 saturated heterocycles. The Hall–Kier alpha value is -5.22. The van der Waals surface area contributed by atoms with Crippen LogP contribution in [-0.2, 0) is 9.59 Å². The van der Waals surface area contributed by atoms with Crippen LogP contribution in [-0.4, -0.2) is 31.9 Å². The predicted octanol–water partition coefficient (Wildman–Crippen LogP) is 8.89. The van der Waals surface area contributed by atoms with Crippen LogP contribution >= 0.6 is 35.0 Å². The number of benzene rings is 5. The minimum absolute atomic E-state index is 0.000862. The summed E-state index contributed by atoms with van der Waals surface area (Å²) in [6.07, 6.45) is 1.55. The van der Waals surface area contributed by atoms with E-state index in [1.165, 1.54) is 26.0 Å². The molecule has 49 heavy (non-hydrogen) atoms. The molecular weight excluding hydrogens is 681 g/mol. The molecule has 0 radical (unpaired) electrons. The van der Waals surface area contributed by atoms with Crippen LogP contribution in [0.2, 0.25) is 10.0 Å². The van der Waals surface area contributed by atoms with E-state index >= 15 is 0 Å². The van der Waals surface area contributed by atoms with E-state index in [0.29, 0.717) is 48.9 Å². The van der Waals surface area contributed by atoms with Crippen molar-refractivity contribution in [3.63, 3.8) is 0 Å². The summed E-state index contributed by atoms with van der Waals surface area (Å²) in [5.41, 5.74) is 2.59. The zero-order chi connectivity index (χ0) is 34.8. The summed E-state index contributed by atoms with van der Waals surface area (Å²) in [6.45, 7) is 0. The molecule has 0 heterocycles. The largest absolute Gasteiger partial charge is 0.493 e. The highest BCUT2D eigenvalue weighted by molar-refractivity contribution is 8.00. The molecule has 0 aliphatic rings. The van der Waals surface area contributed by atoms with Crippen molar-refractivity contribution in [2.45, 2.75) is 10.1 Å². The Morgan fingerprint density at radius 2 is 1.45 bits per heavy atom. The Kier molecular flexibility index (Phi) is 12.0. The molecule has 5 aromatic carbocycles. The molecule has 0 aliphatic carbocycles. The number of nitrogens with one attached hydrogen (secondary N) is 3. The average molecular weight is 713 g/mol. The summed E-state index contributed by atoms with van der Waals surface area (Å²) in [5, 5.41) is 8.64. The van der Waals surface area contributed by atoms with E-state index in [1.54, 1.807) is 91.0 Å². The number of halogens is 2. The van der Waals surface area contributed by atoms with Gasteiger partial charge in [-0.2, -0.15) is 0 Å². The smallest absolute Gasteiger partial charge is 0.272 e. The predicted molar refractivity (Wildman–Crippen MR) is 197 cm³/mol. The first-order chi connectivity index (χ1) is 23.7. The van der Waals surface area contributed by atoms with E-state index in [0.717, 1.165) is 5.56 Å². The van der Waals surface area contributed by atoms with Gasteiger partial charge in [-0.1, -0.05) is 83.9 Å². The summed E-state index contributed by atoms with van der Waals surface area (Å²) in [4.78, 5) is 41.2. The zero-order valence-corrected chi connectivity index (χ0v) is 28.7. The third-order valence-corrected chi connectivity index (χ3v) is 8.93. The lowest BCUT2D eigenvalue weighted by Gasteiger charge is -2.18. The third-order valence-electron chi connectivity index (χ3n) is 7.12. The molecular formula is C38H31Cl2N3O5S. The number of hydrogen-bond acceptors (Lipinski definition) is 6. The van der Waals surface area contributed by atoms with Crippen molar-refractivity contribution in [3.8, 4) is 11.5 Å². The van der Waals surface area contributed by atoms with Gasteiger partial charge >= 0.3 is 0 Å². The fraction of sp³-hybridized carbons (Fsp3) is 0.0789. The van der Waals surface area contributed by atoms with Gasteiger partial charge in [-0.15, -0.1) is 11.8 Å². The second kappa shape index (κ2) is 16.7. The zero-order valence-electron chi connectivity index (χ0n) is 26.4. The van der Waals surface area contributed by atoms with E-state index in [4.69, 9.17) is 32.7 Å². The molecule has 1 unspecified atom stereocenters. The average Bonchev–Trinajstić information content (AvgIpc) is 3.12. The molecule has 0 saturated carbocycles. The first kappa shape index (κ1) is 35.1. The van der Waals surface area contributed by atoms with E-state index in [2.05, 4.69) is 16.0 Å².